The summed E-state index contributed by atoms with van der Waals surface area (Å²) in [5.74, 6) is 0.0168. The summed E-state index contributed by atoms with van der Waals surface area (Å²) in [6.45, 7) is 0. The average molecular weight is 506 g/mol. The smallest absolute Gasteiger partial charge is 0.337 e. The number of benzene rings is 3. The summed E-state index contributed by atoms with van der Waals surface area (Å²) in [5.41, 5.74) is 5.39. The van der Waals surface area contributed by atoms with Crippen LogP contribution in [0.5, 0.6) is 0 Å². The van der Waals surface area contributed by atoms with Crippen LogP contribution in [0.3, 0.4) is 0 Å². The standard InChI is InChI=1S/C25H20ClN5O3S/c1-34-24(33)19-9-7-17(8-10-19)15-27-28-22(32)16-35-25-30-29-23(18-11-13-20(26)14-12-18)31(25)21-5-3-2-4-6-21/h2-15H,16H2,1H3,(H,28,32). The van der Waals surface area contributed by atoms with Gasteiger partial charge in [0.2, 0.25) is 0 Å². The number of nitrogens with zero attached hydrogens (tertiary/aromatic N) is 4. The maximum Gasteiger partial charge on any atom is 0.337 e. The predicted molar refractivity (Wildman–Crippen MR) is 136 cm³/mol. The second-order valence-corrected chi connectivity index (χ2v) is 8.56. The van der Waals surface area contributed by atoms with E-state index in [1.165, 1.54) is 25.1 Å². The molecule has 1 aromatic heterocycles. The van der Waals surface area contributed by atoms with Gasteiger partial charge in [0.05, 0.1) is 24.6 Å². The molecule has 0 unspecified atom stereocenters. The summed E-state index contributed by atoms with van der Waals surface area (Å²) in [6.07, 6.45) is 1.49. The van der Waals surface area contributed by atoms with Crippen LogP contribution in [0.2, 0.25) is 5.02 Å². The van der Waals surface area contributed by atoms with Crippen molar-refractivity contribution in [2.75, 3.05) is 12.9 Å². The SMILES string of the molecule is COC(=O)c1ccc(C=NNC(=O)CSc2nnc(-c3ccc(Cl)cc3)n2-c2ccccc2)cc1. The van der Waals surface area contributed by atoms with E-state index in [4.69, 9.17) is 11.6 Å². The Balaban J connectivity index is 1.43. The van der Waals surface area contributed by atoms with E-state index in [9.17, 15) is 9.59 Å². The fourth-order valence-electron chi connectivity index (χ4n) is 3.12. The number of aromatic nitrogens is 3. The summed E-state index contributed by atoms with van der Waals surface area (Å²) < 4.78 is 6.57. The molecule has 0 saturated carbocycles. The first-order valence-corrected chi connectivity index (χ1v) is 11.8. The number of amides is 1. The zero-order chi connectivity index (χ0) is 24.6. The van der Waals surface area contributed by atoms with Crippen molar-refractivity contribution >= 4 is 41.5 Å². The topological polar surface area (TPSA) is 98.5 Å². The molecule has 0 aliphatic rings. The van der Waals surface area contributed by atoms with Crippen molar-refractivity contribution in [2.24, 2.45) is 5.10 Å². The summed E-state index contributed by atoms with van der Waals surface area (Å²) in [4.78, 5) is 23.9. The van der Waals surface area contributed by atoms with Crippen molar-refractivity contribution < 1.29 is 14.3 Å². The third-order valence-electron chi connectivity index (χ3n) is 4.82. The molecule has 0 aliphatic carbocycles. The molecular formula is C25H20ClN5O3S. The normalized spacial score (nSPS) is 10.9. The number of esters is 1. The van der Waals surface area contributed by atoms with Crippen LogP contribution in [0.4, 0.5) is 0 Å². The Labute approximate surface area is 211 Å². The molecule has 0 radical (unpaired) electrons. The molecule has 0 aliphatic heterocycles. The number of ether oxygens (including phenoxy) is 1. The van der Waals surface area contributed by atoms with E-state index >= 15 is 0 Å². The molecule has 0 saturated heterocycles. The van der Waals surface area contributed by atoms with Crippen LogP contribution in [0.25, 0.3) is 17.1 Å². The monoisotopic (exact) mass is 505 g/mol. The van der Waals surface area contributed by atoms with Crippen LogP contribution in [0.1, 0.15) is 15.9 Å². The van der Waals surface area contributed by atoms with Gasteiger partial charge < -0.3 is 4.74 Å². The number of thioether (sulfide) groups is 1. The Bertz CT molecular complexity index is 1340. The number of rotatable bonds is 8. The molecule has 1 N–H and O–H groups in total. The number of carbonyl (C=O) groups is 2. The van der Waals surface area contributed by atoms with Gasteiger partial charge in [-0.25, -0.2) is 10.2 Å². The van der Waals surface area contributed by atoms with E-state index in [0.717, 1.165) is 16.8 Å². The number of methoxy groups -OCH3 is 1. The lowest BCUT2D eigenvalue weighted by Crippen LogP contribution is -2.20. The molecule has 1 heterocycles. The number of hydrogen-bond donors (Lipinski definition) is 1. The summed E-state index contributed by atoms with van der Waals surface area (Å²) in [6, 6.07) is 23.7. The zero-order valence-corrected chi connectivity index (χ0v) is 20.2. The Kier molecular flexibility index (Phi) is 7.92. The Morgan fingerprint density at radius 2 is 1.74 bits per heavy atom. The van der Waals surface area contributed by atoms with Gasteiger partial charge >= 0.3 is 5.97 Å². The van der Waals surface area contributed by atoms with Crippen molar-refractivity contribution in [1.82, 2.24) is 20.2 Å². The molecule has 0 atom stereocenters. The number of carbonyl (C=O) groups excluding carboxylic acids is 2. The van der Waals surface area contributed by atoms with Gasteiger partial charge in [-0.15, -0.1) is 10.2 Å². The fraction of sp³-hybridized carbons (Fsp3) is 0.0800. The fourth-order valence-corrected chi connectivity index (χ4v) is 3.99. The first-order valence-electron chi connectivity index (χ1n) is 10.4. The van der Waals surface area contributed by atoms with Gasteiger partial charge in [-0.2, -0.15) is 5.10 Å². The van der Waals surface area contributed by atoms with Crippen molar-refractivity contribution in [3.05, 3.63) is 95.0 Å². The van der Waals surface area contributed by atoms with Crippen LogP contribution in [-0.2, 0) is 9.53 Å². The van der Waals surface area contributed by atoms with E-state index in [1.54, 1.807) is 36.4 Å². The largest absolute Gasteiger partial charge is 0.465 e. The predicted octanol–water partition coefficient (Wildman–Crippen LogP) is 4.62. The molecule has 0 bridgehead atoms. The maximum absolute atomic E-state index is 12.4. The quantitative estimate of drug-likeness (QED) is 0.162. The molecule has 10 heteroatoms. The highest BCUT2D eigenvalue weighted by atomic mass is 35.5. The number of para-hydroxylation sites is 1. The van der Waals surface area contributed by atoms with Gasteiger partial charge in [-0.3, -0.25) is 9.36 Å². The van der Waals surface area contributed by atoms with Gasteiger partial charge in [0, 0.05) is 16.3 Å². The highest BCUT2D eigenvalue weighted by molar-refractivity contribution is 7.99. The van der Waals surface area contributed by atoms with E-state index in [2.05, 4.69) is 25.5 Å². The average Bonchev–Trinajstić information content (AvgIpc) is 3.32. The lowest BCUT2D eigenvalue weighted by atomic mass is 10.1. The molecule has 0 fully saturated rings. The molecular weight excluding hydrogens is 486 g/mol. The Morgan fingerprint density at radius 1 is 1.03 bits per heavy atom. The highest BCUT2D eigenvalue weighted by Crippen LogP contribution is 2.28. The minimum Gasteiger partial charge on any atom is -0.465 e. The minimum atomic E-state index is -0.415. The van der Waals surface area contributed by atoms with Gasteiger partial charge in [-0.05, 0) is 54.1 Å². The molecule has 4 aromatic rings. The van der Waals surface area contributed by atoms with Gasteiger partial charge in [0.15, 0.2) is 11.0 Å². The zero-order valence-electron chi connectivity index (χ0n) is 18.6. The molecule has 176 valence electrons. The minimum absolute atomic E-state index is 0.0875. The van der Waals surface area contributed by atoms with Gasteiger partial charge in [0.1, 0.15) is 0 Å². The van der Waals surface area contributed by atoms with Crippen molar-refractivity contribution in [3.8, 4) is 17.1 Å². The molecule has 3 aromatic carbocycles. The third kappa shape index (κ3) is 6.14. The second kappa shape index (κ2) is 11.5. The van der Waals surface area contributed by atoms with E-state index in [-0.39, 0.29) is 11.7 Å². The van der Waals surface area contributed by atoms with Crippen LogP contribution >= 0.6 is 23.4 Å². The molecule has 1 amide bonds. The molecule has 35 heavy (non-hydrogen) atoms. The number of hydrazone groups is 1. The molecule has 4 rings (SSSR count). The summed E-state index contributed by atoms with van der Waals surface area (Å²) in [5, 5.41) is 13.8. The van der Waals surface area contributed by atoms with Crippen LogP contribution in [-0.4, -0.2) is 45.7 Å². The summed E-state index contributed by atoms with van der Waals surface area (Å²) in [7, 11) is 1.33. The summed E-state index contributed by atoms with van der Waals surface area (Å²) >= 11 is 7.28. The number of hydrogen-bond acceptors (Lipinski definition) is 7. The van der Waals surface area contributed by atoms with Gasteiger partial charge in [-0.1, -0.05) is 53.7 Å². The Morgan fingerprint density at radius 3 is 2.43 bits per heavy atom. The first-order chi connectivity index (χ1) is 17.0. The third-order valence-corrected chi connectivity index (χ3v) is 6.00. The second-order valence-electron chi connectivity index (χ2n) is 7.18. The lowest BCUT2D eigenvalue weighted by Gasteiger charge is -2.10. The van der Waals surface area contributed by atoms with Crippen molar-refractivity contribution in [2.45, 2.75) is 5.16 Å². The number of nitrogens with one attached hydrogen (secondary N) is 1. The number of halogens is 1. The van der Waals surface area contributed by atoms with Crippen LogP contribution in [0, 0.1) is 0 Å². The van der Waals surface area contributed by atoms with Crippen molar-refractivity contribution in [3.63, 3.8) is 0 Å². The first kappa shape index (κ1) is 24.2. The molecule has 0 spiro atoms. The Hall–Kier alpha value is -3.95. The van der Waals surface area contributed by atoms with Crippen molar-refractivity contribution in [1.29, 1.82) is 0 Å². The van der Waals surface area contributed by atoms with E-state index in [1.807, 2.05) is 47.0 Å². The van der Waals surface area contributed by atoms with Crippen LogP contribution < -0.4 is 5.43 Å². The van der Waals surface area contributed by atoms with E-state index < -0.39 is 5.97 Å². The molecule has 8 nitrogen and oxygen atoms in total. The maximum atomic E-state index is 12.4. The lowest BCUT2D eigenvalue weighted by molar-refractivity contribution is -0.118. The van der Waals surface area contributed by atoms with E-state index in [0.29, 0.717) is 21.6 Å². The van der Waals surface area contributed by atoms with Crippen LogP contribution in [0.15, 0.2) is 89.1 Å². The highest BCUT2D eigenvalue weighted by Gasteiger charge is 2.17. The van der Waals surface area contributed by atoms with Gasteiger partial charge in [0.25, 0.3) is 5.91 Å².